The topological polar surface area (TPSA) is 37.4 Å². The standard InChI is InChI=1S/C15H27N3O/c1-4-5-6-10-18(2)15-8-7-14(13-17-15)12-16-9-11-19-3/h7-8,13,16H,4-6,9-12H2,1-3H3. The van der Waals surface area contributed by atoms with Crippen LogP contribution in [0.1, 0.15) is 31.7 Å². The number of nitrogens with zero attached hydrogens (tertiary/aromatic N) is 2. The van der Waals surface area contributed by atoms with E-state index in [2.05, 4.69) is 41.3 Å². The monoisotopic (exact) mass is 265 g/mol. The first-order valence-electron chi connectivity index (χ1n) is 7.13. The fourth-order valence-electron chi connectivity index (χ4n) is 1.87. The van der Waals surface area contributed by atoms with Gasteiger partial charge in [-0.2, -0.15) is 0 Å². The molecule has 0 saturated heterocycles. The summed E-state index contributed by atoms with van der Waals surface area (Å²) in [7, 11) is 3.82. The van der Waals surface area contributed by atoms with Gasteiger partial charge in [-0.1, -0.05) is 25.8 Å². The molecule has 4 nitrogen and oxygen atoms in total. The van der Waals surface area contributed by atoms with E-state index < -0.39 is 0 Å². The van der Waals surface area contributed by atoms with Crippen LogP contribution in [0.4, 0.5) is 5.82 Å². The number of anilines is 1. The van der Waals surface area contributed by atoms with Gasteiger partial charge in [-0.15, -0.1) is 0 Å². The van der Waals surface area contributed by atoms with Crippen molar-refractivity contribution in [3.05, 3.63) is 23.9 Å². The summed E-state index contributed by atoms with van der Waals surface area (Å²) in [5.74, 6) is 1.05. The second-order valence-corrected chi connectivity index (χ2v) is 4.82. The quantitative estimate of drug-likeness (QED) is 0.659. The number of aromatic nitrogens is 1. The molecular weight excluding hydrogens is 238 g/mol. The summed E-state index contributed by atoms with van der Waals surface area (Å²) in [4.78, 5) is 6.73. The number of methoxy groups -OCH3 is 1. The predicted octanol–water partition coefficient (Wildman–Crippen LogP) is 2.44. The SMILES string of the molecule is CCCCCN(C)c1ccc(CNCCOC)cn1. The molecule has 4 heteroatoms. The summed E-state index contributed by atoms with van der Waals surface area (Å²) in [5.41, 5.74) is 1.21. The Bertz CT molecular complexity index is 327. The first-order chi connectivity index (χ1) is 9.27. The maximum Gasteiger partial charge on any atom is 0.128 e. The van der Waals surface area contributed by atoms with Gasteiger partial charge in [-0.3, -0.25) is 0 Å². The second-order valence-electron chi connectivity index (χ2n) is 4.82. The molecule has 0 aliphatic heterocycles. The van der Waals surface area contributed by atoms with Crippen LogP contribution in [0.25, 0.3) is 0 Å². The summed E-state index contributed by atoms with van der Waals surface area (Å²) in [6.45, 7) is 5.76. The maximum absolute atomic E-state index is 4.99. The number of rotatable bonds is 10. The van der Waals surface area contributed by atoms with E-state index in [1.54, 1.807) is 7.11 Å². The van der Waals surface area contributed by atoms with Crippen LogP contribution in [0.15, 0.2) is 18.3 Å². The van der Waals surface area contributed by atoms with Gasteiger partial charge in [0.25, 0.3) is 0 Å². The largest absolute Gasteiger partial charge is 0.383 e. The summed E-state index contributed by atoms with van der Waals surface area (Å²) in [6, 6.07) is 4.23. The highest BCUT2D eigenvalue weighted by atomic mass is 16.5. The van der Waals surface area contributed by atoms with Gasteiger partial charge in [0.1, 0.15) is 5.82 Å². The lowest BCUT2D eigenvalue weighted by Gasteiger charge is -2.18. The molecule has 0 atom stereocenters. The van der Waals surface area contributed by atoms with Crippen molar-refractivity contribution in [3.8, 4) is 0 Å². The summed E-state index contributed by atoms with van der Waals surface area (Å²) in [6.07, 6.45) is 5.72. The molecule has 0 aromatic carbocycles. The molecular formula is C15H27N3O. The van der Waals surface area contributed by atoms with Crippen molar-refractivity contribution in [1.82, 2.24) is 10.3 Å². The van der Waals surface area contributed by atoms with Crippen molar-refractivity contribution >= 4 is 5.82 Å². The third-order valence-electron chi connectivity index (χ3n) is 3.11. The minimum atomic E-state index is 0.742. The zero-order valence-corrected chi connectivity index (χ0v) is 12.5. The lowest BCUT2D eigenvalue weighted by Crippen LogP contribution is -2.20. The van der Waals surface area contributed by atoms with Gasteiger partial charge in [0.15, 0.2) is 0 Å². The molecule has 0 aliphatic rings. The molecule has 1 heterocycles. The fourth-order valence-corrected chi connectivity index (χ4v) is 1.87. The average molecular weight is 265 g/mol. The molecule has 1 aromatic heterocycles. The van der Waals surface area contributed by atoms with E-state index in [1.807, 2.05) is 6.20 Å². The lowest BCUT2D eigenvalue weighted by molar-refractivity contribution is 0.199. The molecule has 0 amide bonds. The zero-order valence-electron chi connectivity index (χ0n) is 12.5. The minimum absolute atomic E-state index is 0.742. The Labute approximate surface area is 117 Å². The fraction of sp³-hybridized carbons (Fsp3) is 0.667. The second kappa shape index (κ2) is 9.75. The Morgan fingerprint density at radius 3 is 2.79 bits per heavy atom. The Morgan fingerprint density at radius 1 is 1.32 bits per heavy atom. The molecule has 1 rings (SSSR count). The first-order valence-corrected chi connectivity index (χ1v) is 7.13. The lowest BCUT2D eigenvalue weighted by atomic mass is 10.2. The van der Waals surface area contributed by atoms with Gasteiger partial charge < -0.3 is 15.0 Å². The molecule has 0 radical (unpaired) electrons. The van der Waals surface area contributed by atoms with Crippen LogP contribution in [0.2, 0.25) is 0 Å². The molecule has 1 aromatic rings. The molecule has 0 saturated carbocycles. The van der Waals surface area contributed by atoms with Crippen molar-refractivity contribution in [3.63, 3.8) is 0 Å². The molecule has 1 N–H and O–H groups in total. The number of pyridine rings is 1. The van der Waals surface area contributed by atoms with Crippen LogP contribution < -0.4 is 10.2 Å². The van der Waals surface area contributed by atoms with Crippen molar-refractivity contribution in [1.29, 1.82) is 0 Å². The van der Waals surface area contributed by atoms with E-state index in [9.17, 15) is 0 Å². The Morgan fingerprint density at radius 2 is 2.16 bits per heavy atom. The smallest absolute Gasteiger partial charge is 0.128 e. The van der Waals surface area contributed by atoms with E-state index in [-0.39, 0.29) is 0 Å². The predicted molar refractivity (Wildman–Crippen MR) is 80.6 cm³/mol. The van der Waals surface area contributed by atoms with Crippen LogP contribution in [0.5, 0.6) is 0 Å². The van der Waals surface area contributed by atoms with Gasteiger partial charge in [0.2, 0.25) is 0 Å². The van der Waals surface area contributed by atoms with Crippen molar-refractivity contribution in [2.75, 3.05) is 38.8 Å². The molecule has 0 spiro atoms. The van der Waals surface area contributed by atoms with Crippen molar-refractivity contribution in [2.45, 2.75) is 32.7 Å². The molecule has 108 valence electrons. The third kappa shape index (κ3) is 6.55. The van der Waals surface area contributed by atoms with E-state index in [0.717, 1.165) is 32.1 Å². The van der Waals surface area contributed by atoms with Crippen LogP contribution in [0.3, 0.4) is 0 Å². The minimum Gasteiger partial charge on any atom is -0.383 e. The highest BCUT2D eigenvalue weighted by Gasteiger charge is 2.02. The average Bonchev–Trinajstić information content (AvgIpc) is 2.44. The Kier molecular flexibility index (Phi) is 8.18. The number of hydrogen-bond donors (Lipinski definition) is 1. The summed E-state index contributed by atoms with van der Waals surface area (Å²) >= 11 is 0. The van der Waals surface area contributed by atoms with E-state index in [4.69, 9.17) is 4.74 Å². The van der Waals surface area contributed by atoms with Crippen LogP contribution in [-0.4, -0.2) is 38.8 Å². The molecule has 0 fully saturated rings. The van der Waals surface area contributed by atoms with Gasteiger partial charge in [0, 0.05) is 40.0 Å². The van der Waals surface area contributed by atoms with E-state index >= 15 is 0 Å². The van der Waals surface area contributed by atoms with Gasteiger partial charge >= 0.3 is 0 Å². The van der Waals surface area contributed by atoms with Crippen molar-refractivity contribution < 1.29 is 4.74 Å². The summed E-state index contributed by atoms with van der Waals surface area (Å²) in [5, 5.41) is 3.31. The molecule has 0 aliphatic carbocycles. The van der Waals surface area contributed by atoms with Gasteiger partial charge in [-0.05, 0) is 18.1 Å². The summed E-state index contributed by atoms with van der Waals surface area (Å²) < 4.78 is 4.99. The third-order valence-corrected chi connectivity index (χ3v) is 3.11. The number of hydrogen-bond acceptors (Lipinski definition) is 4. The number of unbranched alkanes of at least 4 members (excludes halogenated alkanes) is 2. The number of ether oxygens (including phenoxy) is 1. The van der Waals surface area contributed by atoms with E-state index in [1.165, 1.54) is 24.8 Å². The first kappa shape index (κ1) is 15.9. The van der Waals surface area contributed by atoms with Crippen LogP contribution in [0, 0.1) is 0 Å². The molecule has 0 unspecified atom stereocenters. The zero-order chi connectivity index (χ0) is 13.9. The van der Waals surface area contributed by atoms with Crippen LogP contribution in [-0.2, 0) is 11.3 Å². The maximum atomic E-state index is 4.99. The highest BCUT2D eigenvalue weighted by molar-refractivity contribution is 5.38. The van der Waals surface area contributed by atoms with Crippen molar-refractivity contribution in [2.24, 2.45) is 0 Å². The van der Waals surface area contributed by atoms with Crippen LogP contribution >= 0.6 is 0 Å². The highest BCUT2D eigenvalue weighted by Crippen LogP contribution is 2.10. The van der Waals surface area contributed by atoms with Gasteiger partial charge in [-0.25, -0.2) is 4.98 Å². The molecule has 19 heavy (non-hydrogen) atoms. The number of nitrogens with one attached hydrogen (secondary N) is 1. The van der Waals surface area contributed by atoms with E-state index in [0.29, 0.717) is 0 Å². The molecule has 0 bridgehead atoms. The van der Waals surface area contributed by atoms with Gasteiger partial charge in [0.05, 0.1) is 6.61 Å². The Hall–Kier alpha value is -1.13. The normalized spacial score (nSPS) is 10.7. The Balaban J connectivity index is 2.33.